The van der Waals surface area contributed by atoms with Crippen LogP contribution in [-0.4, -0.2) is 19.7 Å². The van der Waals surface area contributed by atoms with Crippen molar-refractivity contribution in [3.63, 3.8) is 0 Å². The fraction of sp³-hybridized carbons (Fsp3) is 0.0556. The molecule has 4 aromatic rings. The second-order valence-corrected chi connectivity index (χ2v) is 5.70. The molecule has 2 aromatic heterocycles. The topological polar surface area (TPSA) is 52.8 Å². The van der Waals surface area contributed by atoms with Crippen molar-refractivity contribution in [3.8, 4) is 11.6 Å². The highest BCUT2D eigenvalue weighted by molar-refractivity contribution is 6.30. The molecule has 6 heteroatoms. The number of hydrogen-bond acceptors (Lipinski definition) is 4. The molecule has 0 unspecified atom stereocenters. The predicted molar refractivity (Wildman–Crippen MR) is 92.4 cm³/mol. The summed E-state index contributed by atoms with van der Waals surface area (Å²) in [5.74, 6) is 1.08. The smallest absolute Gasteiger partial charge is 0.238 e. The van der Waals surface area contributed by atoms with Crippen LogP contribution in [0, 0.1) is 0 Å². The normalized spacial score (nSPS) is 10.9. The van der Waals surface area contributed by atoms with Crippen LogP contribution in [0.1, 0.15) is 5.56 Å². The first-order valence-corrected chi connectivity index (χ1v) is 7.82. The summed E-state index contributed by atoms with van der Waals surface area (Å²) in [5, 5.41) is 5.03. The molecule has 0 N–H and O–H groups in total. The van der Waals surface area contributed by atoms with Crippen molar-refractivity contribution in [2.75, 3.05) is 0 Å². The third-order valence-electron chi connectivity index (χ3n) is 3.53. The van der Waals surface area contributed by atoms with Gasteiger partial charge in [-0.1, -0.05) is 41.9 Å². The zero-order valence-corrected chi connectivity index (χ0v) is 13.4. The summed E-state index contributed by atoms with van der Waals surface area (Å²) in [4.78, 5) is 8.89. The molecule has 0 amide bonds. The van der Waals surface area contributed by atoms with E-state index >= 15 is 0 Å². The lowest BCUT2D eigenvalue weighted by molar-refractivity contribution is 0.462. The van der Waals surface area contributed by atoms with E-state index in [-0.39, 0.29) is 0 Å². The van der Waals surface area contributed by atoms with E-state index in [1.807, 2.05) is 22.9 Å². The summed E-state index contributed by atoms with van der Waals surface area (Å²) < 4.78 is 7.52. The highest BCUT2D eigenvalue weighted by Gasteiger charge is 2.08. The fourth-order valence-electron chi connectivity index (χ4n) is 2.39. The highest BCUT2D eigenvalue weighted by atomic mass is 35.5. The maximum Gasteiger partial charge on any atom is 0.238 e. The van der Waals surface area contributed by atoms with Gasteiger partial charge in [0.15, 0.2) is 5.65 Å². The van der Waals surface area contributed by atoms with Gasteiger partial charge >= 0.3 is 0 Å². The van der Waals surface area contributed by atoms with E-state index in [0.717, 1.165) is 11.2 Å². The van der Waals surface area contributed by atoms with Crippen molar-refractivity contribution in [1.29, 1.82) is 0 Å². The number of aromatic nitrogens is 4. The second-order valence-electron chi connectivity index (χ2n) is 5.26. The minimum Gasteiger partial charge on any atom is -0.437 e. The Kier molecular flexibility index (Phi) is 3.84. The van der Waals surface area contributed by atoms with Gasteiger partial charge in [0.1, 0.15) is 11.3 Å². The van der Waals surface area contributed by atoms with E-state index in [1.165, 1.54) is 0 Å². The molecular weight excluding hydrogens is 324 g/mol. The van der Waals surface area contributed by atoms with E-state index in [0.29, 0.717) is 28.7 Å². The molecule has 0 bridgehead atoms. The van der Waals surface area contributed by atoms with Crippen molar-refractivity contribution >= 4 is 22.8 Å². The third kappa shape index (κ3) is 3.07. The van der Waals surface area contributed by atoms with Crippen molar-refractivity contribution in [2.45, 2.75) is 6.54 Å². The summed E-state index contributed by atoms with van der Waals surface area (Å²) in [7, 11) is 0. The minimum atomic E-state index is 0.420. The Morgan fingerprint density at radius 3 is 2.54 bits per heavy atom. The maximum atomic E-state index is 5.87. The lowest BCUT2D eigenvalue weighted by atomic mass is 10.2. The van der Waals surface area contributed by atoms with Crippen LogP contribution in [0.3, 0.4) is 0 Å². The van der Waals surface area contributed by atoms with Gasteiger partial charge in [-0.3, -0.25) is 0 Å². The Labute approximate surface area is 143 Å². The van der Waals surface area contributed by atoms with Gasteiger partial charge in [0.05, 0.1) is 18.9 Å². The zero-order valence-electron chi connectivity index (χ0n) is 12.6. The quantitative estimate of drug-likeness (QED) is 0.557. The Bertz CT molecular complexity index is 967. The molecule has 0 atom stereocenters. The number of hydrogen-bond donors (Lipinski definition) is 0. The molecular formula is C18H13ClN4O. The van der Waals surface area contributed by atoms with Gasteiger partial charge in [-0.2, -0.15) is 5.10 Å². The van der Waals surface area contributed by atoms with Crippen molar-refractivity contribution in [1.82, 2.24) is 19.7 Å². The van der Waals surface area contributed by atoms with Crippen molar-refractivity contribution in [3.05, 3.63) is 77.6 Å². The van der Waals surface area contributed by atoms with E-state index in [2.05, 4.69) is 27.2 Å². The molecule has 0 spiro atoms. The highest BCUT2D eigenvalue weighted by Crippen LogP contribution is 2.22. The molecule has 0 aliphatic rings. The lowest BCUT2D eigenvalue weighted by Gasteiger charge is -2.05. The van der Waals surface area contributed by atoms with Gasteiger partial charge < -0.3 is 4.74 Å². The number of benzene rings is 2. The van der Waals surface area contributed by atoms with E-state index in [4.69, 9.17) is 16.3 Å². The fourth-order valence-corrected chi connectivity index (χ4v) is 2.52. The summed E-state index contributed by atoms with van der Waals surface area (Å²) in [6.45, 7) is 0.649. The Hall–Kier alpha value is -2.92. The third-order valence-corrected chi connectivity index (χ3v) is 3.78. The molecule has 0 aliphatic carbocycles. The Morgan fingerprint density at radius 1 is 0.958 bits per heavy atom. The van der Waals surface area contributed by atoms with Crippen LogP contribution in [-0.2, 0) is 6.54 Å². The molecule has 0 saturated carbocycles. The van der Waals surface area contributed by atoms with Crippen molar-refractivity contribution < 1.29 is 4.74 Å². The van der Waals surface area contributed by atoms with Crippen LogP contribution in [0.15, 0.2) is 67.0 Å². The van der Waals surface area contributed by atoms with E-state index < -0.39 is 0 Å². The maximum absolute atomic E-state index is 5.87. The average Bonchev–Trinajstić information content (AvgIpc) is 3.00. The molecule has 2 aromatic carbocycles. The summed E-state index contributed by atoms with van der Waals surface area (Å²) in [6, 6.07) is 17.2. The number of nitrogens with zero attached hydrogens (tertiary/aromatic N) is 4. The average molecular weight is 337 g/mol. The SMILES string of the molecule is Clc1ccc(Oc2cnc3c(cnn3Cc3ccccc3)n2)cc1. The minimum absolute atomic E-state index is 0.420. The molecule has 118 valence electrons. The number of ether oxygens (including phenoxy) is 1. The van der Waals surface area contributed by atoms with Gasteiger partial charge in [0.25, 0.3) is 0 Å². The second kappa shape index (κ2) is 6.29. The van der Waals surface area contributed by atoms with Crippen LogP contribution < -0.4 is 4.74 Å². The largest absolute Gasteiger partial charge is 0.437 e. The molecule has 0 saturated heterocycles. The van der Waals surface area contributed by atoms with Crippen LogP contribution in [0.2, 0.25) is 5.02 Å². The summed E-state index contributed by atoms with van der Waals surface area (Å²) in [6.07, 6.45) is 3.29. The van der Waals surface area contributed by atoms with Gasteiger partial charge in [-0.05, 0) is 29.8 Å². The first-order valence-electron chi connectivity index (χ1n) is 7.44. The first-order chi connectivity index (χ1) is 11.8. The standard InChI is InChI=1S/C18H13ClN4O/c19-14-6-8-15(9-7-14)24-17-11-20-18-16(22-17)10-21-23(18)12-13-4-2-1-3-5-13/h1-11H,12H2. The van der Waals surface area contributed by atoms with Crippen LogP contribution in [0.4, 0.5) is 0 Å². The molecule has 5 nitrogen and oxygen atoms in total. The van der Waals surface area contributed by atoms with Crippen LogP contribution in [0.25, 0.3) is 11.2 Å². The Morgan fingerprint density at radius 2 is 1.75 bits per heavy atom. The summed E-state index contributed by atoms with van der Waals surface area (Å²) >= 11 is 5.87. The van der Waals surface area contributed by atoms with Crippen LogP contribution >= 0.6 is 11.6 Å². The zero-order chi connectivity index (χ0) is 16.4. The number of rotatable bonds is 4. The predicted octanol–water partition coefficient (Wildman–Crippen LogP) is 4.32. The number of fused-ring (bicyclic) bond motifs is 1. The lowest BCUT2D eigenvalue weighted by Crippen LogP contribution is -2.02. The van der Waals surface area contributed by atoms with Gasteiger partial charge in [0.2, 0.25) is 5.88 Å². The molecule has 4 rings (SSSR count). The van der Waals surface area contributed by atoms with E-state index in [9.17, 15) is 0 Å². The summed E-state index contributed by atoms with van der Waals surface area (Å²) in [5.41, 5.74) is 2.57. The van der Waals surface area contributed by atoms with Crippen molar-refractivity contribution in [2.24, 2.45) is 0 Å². The molecule has 24 heavy (non-hydrogen) atoms. The van der Waals surface area contributed by atoms with Gasteiger partial charge in [0, 0.05) is 5.02 Å². The monoisotopic (exact) mass is 336 g/mol. The molecule has 2 heterocycles. The molecule has 0 fully saturated rings. The Balaban J connectivity index is 1.59. The van der Waals surface area contributed by atoms with Gasteiger partial charge in [-0.25, -0.2) is 14.6 Å². The van der Waals surface area contributed by atoms with E-state index in [1.54, 1.807) is 36.7 Å². The number of halogens is 1. The van der Waals surface area contributed by atoms with Crippen LogP contribution in [0.5, 0.6) is 11.6 Å². The first kappa shape index (κ1) is 14.7. The molecule has 0 aliphatic heterocycles. The molecule has 0 radical (unpaired) electrons. The van der Waals surface area contributed by atoms with Gasteiger partial charge in [-0.15, -0.1) is 0 Å².